The Bertz CT molecular complexity index is 745. The van der Waals surface area contributed by atoms with E-state index in [1.165, 1.54) is 6.20 Å². The minimum absolute atomic E-state index is 0.00795. The lowest BCUT2D eigenvalue weighted by molar-refractivity contribution is -0.158. The van der Waals surface area contributed by atoms with Gasteiger partial charge in [0.05, 0.1) is 11.9 Å². The molecule has 0 radical (unpaired) electrons. The monoisotopic (exact) mass is 345 g/mol. The minimum atomic E-state index is -0.629. The highest BCUT2D eigenvalue weighted by Crippen LogP contribution is 2.23. The molecule has 0 aliphatic carbocycles. The second kappa shape index (κ2) is 7.46. The standard InChI is InChI=1S/C18H23N3O4/c1-12(2)16-13(10-20-21(16)14-8-6-7-9-19-14)17(23)24-11-15(22)25-18(3,4)5/h6-10,12H,11H2,1-5H3. The summed E-state index contributed by atoms with van der Waals surface area (Å²) >= 11 is 0. The van der Waals surface area contributed by atoms with E-state index in [1.807, 2.05) is 19.9 Å². The molecule has 2 rings (SSSR count). The number of aromatic nitrogens is 3. The average Bonchev–Trinajstić information content (AvgIpc) is 2.97. The van der Waals surface area contributed by atoms with E-state index in [2.05, 4.69) is 10.1 Å². The van der Waals surface area contributed by atoms with Gasteiger partial charge in [0, 0.05) is 6.20 Å². The van der Waals surface area contributed by atoms with E-state index in [0.29, 0.717) is 17.1 Å². The van der Waals surface area contributed by atoms with Gasteiger partial charge in [-0.3, -0.25) is 0 Å². The van der Waals surface area contributed by atoms with Gasteiger partial charge in [-0.1, -0.05) is 19.9 Å². The molecule has 0 aromatic carbocycles. The molecule has 0 bridgehead atoms. The number of carbonyl (C=O) groups is 2. The smallest absolute Gasteiger partial charge is 0.344 e. The van der Waals surface area contributed by atoms with E-state index in [-0.39, 0.29) is 5.92 Å². The molecule has 0 saturated carbocycles. The van der Waals surface area contributed by atoms with Crippen molar-refractivity contribution in [3.8, 4) is 5.82 Å². The predicted octanol–water partition coefficient (Wildman–Crippen LogP) is 2.89. The van der Waals surface area contributed by atoms with E-state index < -0.39 is 24.1 Å². The van der Waals surface area contributed by atoms with E-state index in [9.17, 15) is 9.59 Å². The molecular formula is C18H23N3O4. The van der Waals surface area contributed by atoms with Crippen molar-refractivity contribution in [2.75, 3.05) is 6.61 Å². The summed E-state index contributed by atoms with van der Waals surface area (Å²) in [7, 11) is 0. The molecule has 7 heteroatoms. The Balaban J connectivity index is 2.18. The van der Waals surface area contributed by atoms with Crippen molar-refractivity contribution in [1.82, 2.24) is 14.8 Å². The fraction of sp³-hybridized carbons (Fsp3) is 0.444. The van der Waals surface area contributed by atoms with Crippen LogP contribution in [-0.4, -0.2) is 38.9 Å². The van der Waals surface area contributed by atoms with Crippen molar-refractivity contribution in [2.24, 2.45) is 0 Å². The molecule has 134 valence electrons. The SMILES string of the molecule is CC(C)c1c(C(=O)OCC(=O)OC(C)(C)C)cnn1-c1ccccn1. The Morgan fingerprint density at radius 2 is 1.96 bits per heavy atom. The molecule has 0 aliphatic heterocycles. The Kier molecular flexibility index (Phi) is 5.56. The minimum Gasteiger partial charge on any atom is -0.457 e. The largest absolute Gasteiger partial charge is 0.457 e. The van der Waals surface area contributed by atoms with Crippen molar-refractivity contribution in [3.05, 3.63) is 41.9 Å². The quantitative estimate of drug-likeness (QED) is 0.775. The highest BCUT2D eigenvalue weighted by atomic mass is 16.6. The lowest BCUT2D eigenvalue weighted by Gasteiger charge is -2.19. The number of rotatable bonds is 5. The Morgan fingerprint density at radius 1 is 1.24 bits per heavy atom. The van der Waals surface area contributed by atoms with Crippen LogP contribution < -0.4 is 0 Å². The maximum atomic E-state index is 12.4. The summed E-state index contributed by atoms with van der Waals surface area (Å²) in [6.45, 7) is 8.70. The van der Waals surface area contributed by atoms with Crippen LogP contribution in [0.2, 0.25) is 0 Å². The normalized spacial score (nSPS) is 11.4. The van der Waals surface area contributed by atoms with Crippen LogP contribution in [-0.2, 0) is 14.3 Å². The highest BCUT2D eigenvalue weighted by molar-refractivity contribution is 5.92. The number of esters is 2. The lowest BCUT2D eigenvalue weighted by Crippen LogP contribution is -2.27. The molecule has 0 saturated heterocycles. The molecule has 2 heterocycles. The van der Waals surface area contributed by atoms with Crippen molar-refractivity contribution in [1.29, 1.82) is 0 Å². The first-order valence-corrected chi connectivity index (χ1v) is 8.07. The van der Waals surface area contributed by atoms with Crippen LogP contribution in [0.25, 0.3) is 5.82 Å². The van der Waals surface area contributed by atoms with E-state index in [4.69, 9.17) is 9.47 Å². The number of hydrogen-bond acceptors (Lipinski definition) is 6. The molecule has 0 amide bonds. The third kappa shape index (κ3) is 4.89. The molecule has 2 aromatic rings. The van der Waals surface area contributed by atoms with Crippen LogP contribution >= 0.6 is 0 Å². The van der Waals surface area contributed by atoms with Crippen LogP contribution in [0.15, 0.2) is 30.6 Å². The van der Waals surface area contributed by atoms with Crippen molar-refractivity contribution in [2.45, 2.75) is 46.1 Å². The lowest BCUT2D eigenvalue weighted by atomic mass is 10.1. The molecule has 0 atom stereocenters. The van der Waals surface area contributed by atoms with Gasteiger partial charge in [-0.15, -0.1) is 0 Å². The second-order valence-electron chi connectivity index (χ2n) is 6.86. The van der Waals surface area contributed by atoms with Gasteiger partial charge in [0.2, 0.25) is 0 Å². The fourth-order valence-electron chi connectivity index (χ4n) is 2.31. The Labute approximate surface area is 147 Å². The van der Waals surface area contributed by atoms with Gasteiger partial charge in [0.15, 0.2) is 12.4 Å². The summed E-state index contributed by atoms with van der Waals surface area (Å²) in [4.78, 5) is 28.3. The van der Waals surface area contributed by atoms with Crippen molar-refractivity contribution < 1.29 is 19.1 Å². The summed E-state index contributed by atoms with van der Waals surface area (Å²) in [6.07, 6.45) is 3.09. The van der Waals surface area contributed by atoms with E-state index in [0.717, 1.165) is 0 Å². The van der Waals surface area contributed by atoms with Gasteiger partial charge in [-0.2, -0.15) is 5.10 Å². The van der Waals surface area contributed by atoms with Crippen LogP contribution in [0, 0.1) is 0 Å². The number of pyridine rings is 1. The Morgan fingerprint density at radius 3 is 2.52 bits per heavy atom. The van der Waals surface area contributed by atoms with Crippen molar-refractivity contribution >= 4 is 11.9 Å². The summed E-state index contributed by atoms with van der Waals surface area (Å²) in [5.41, 5.74) is 0.355. The summed E-state index contributed by atoms with van der Waals surface area (Å²) < 4.78 is 11.8. The van der Waals surface area contributed by atoms with Gasteiger partial charge in [-0.05, 0) is 38.8 Å². The van der Waals surface area contributed by atoms with Crippen LogP contribution in [0.4, 0.5) is 0 Å². The van der Waals surface area contributed by atoms with Crippen molar-refractivity contribution in [3.63, 3.8) is 0 Å². The molecule has 0 spiro atoms. The van der Waals surface area contributed by atoms with Crippen LogP contribution in [0.5, 0.6) is 0 Å². The number of nitrogens with zero attached hydrogens (tertiary/aromatic N) is 3. The number of hydrogen-bond donors (Lipinski definition) is 0. The third-order valence-electron chi connectivity index (χ3n) is 3.18. The molecule has 7 nitrogen and oxygen atoms in total. The molecule has 2 aromatic heterocycles. The van der Waals surface area contributed by atoms with Crippen LogP contribution in [0.3, 0.4) is 0 Å². The van der Waals surface area contributed by atoms with Gasteiger partial charge < -0.3 is 9.47 Å². The maximum Gasteiger partial charge on any atom is 0.344 e. The topological polar surface area (TPSA) is 83.3 Å². The summed E-state index contributed by atoms with van der Waals surface area (Å²) in [6, 6.07) is 5.45. The molecule has 25 heavy (non-hydrogen) atoms. The number of ether oxygens (including phenoxy) is 2. The van der Waals surface area contributed by atoms with Gasteiger partial charge in [0.1, 0.15) is 11.2 Å². The van der Waals surface area contributed by atoms with Crippen LogP contribution in [0.1, 0.15) is 56.6 Å². The fourth-order valence-corrected chi connectivity index (χ4v) is 2.31. The summed E-state index contributed by atoms with van der Waals surface area (Å²) in [5, 5.41) is 4.25. The first-order chi connectivity index (χ1) is 11.7. The molecule has 0 N–H and O–H groups in total. The first kappa shape index (κ1) is 18.6. The predicted molar refractivity (Wildman–Crippen MR) is 91.6 cm³/mol. The highest BCUT2D eigenvalue weighted by Gasteiger charge is 2.24. The van der Waals surface area contributed by atoms with Gasteiger partial charge in [-0.25, -0.2) is 19.3 Å². The zero-order valence-corrected chi connectivity index (χ0v) is 15.1. The molecular weight excluding hydrogens is 322 g/mol. The number of carbonyl (C=O) groups excluding carboxylic acids is 2. The average molecular weight is 345 g/mol. The maximum absolute atomic E-state index is 12.4. The molecule has 0 unspecified atom stereocenters. The third-order valence-corrected chi connectivity index (χ3v) is 3.18. The zero-order valence-electron chi connectivity index (χ0n) is 15.1. The zero-order chi connectivity index (χ0) is 18.6. The van der Waals surface area contributed by atoms with E-state index in [1.54, 1.807) is 43.8 Å². The first-order valence-electron chi connectivity index (χ1n) is 8.07. The molecule has 0 aliphatic rings. The summed E-state index contributed by atoms with van der Waals surface area (Å²) in [5.74, 6) is -0.591. The molecule has 0 fully saturated rings. The van der Waals surface area contributed by atoms with Gasteiger partial charge >= 0.3 is 11.9 Å². The van der Waals surface area contributed by atoms with Gasteiger partial charge in [0.25, 0.3) is 0 Å². The second-order valence-corrected chi connectivity index (χ2v) is 6.86. The van der Waals surface area contributed by atoms with E-state index >= 15 is 0 Å². The Hall–Kier alpha value is -2.70.